The highest BCUT2D eigenvalue weighted by molar-refractivity contribution is 9.10. The number of hydrogen-bond acceptors (Lipinski definition) is 9. The predicted octanol–water partition coefficient (Wildman–Crippen LogP) is 4.44. The fourth-order valence-electron chi connectivity index (χ4n) is 6.02. The number of imidazole rings is 1. The van der Waals surface area contributed by atoms with Gasteiger partial charge >= 0.3 is 0 Å². The molecule has 0 radical (unpaired) electrons. The van der Waals surface area contributed by atoms with E-state index in [2.05, 4.69) is 52.2 Å². The summed E-state index contributed by atoms with van der Waals surface area (Å²) in [6.45, 7) is 3.13. The fraction of sp³-hybridized carbons (Fsp3) is 0.364. The number of hydroxylamine groups is 1. The molecule has 4 aromatic rings. The maximum Gasteiger partial charge on any atom is 0.277 e. The smallest absolute Gasteiger partial charge is 0.277 e. The van der Waals surface area contributed by atoms with Crippen molar-refractivity contribution >= 4 is 61.9 Å². The van der Waals surface area contributed by atoms with Crippen molar-refractivity contribution in [2.24, 2.45) is 13.0 Å². The number of aryl methyl sites for hydroxylation is 1. The first-order valence-electron chi connectivity index (χ1n) is 15.7. The number of rotatable bonds is 11. The number of pyridine rings is 1. The minimum atomic E-state index is -0.784. The summed E-state index contributed by atoms with van der Waals surface area (Å²) in [5.41, 5.74) is 3.35. The second-order valence-corrected chi connectivity index (χ2v) is 12.9. The van der Waals surface area contributed by atoms with Gasteiger partial charge in [-0.25, -0.2) is 24.2 Å². The van der Waals surface area contributed by atoms with Gasteiger partial charge in [0.05, 0.1) is 41.3 Å². The SMILES string of the molecule is Cn1cnc2c(F)c(Nc3ccc(Br)cc3F)c(C(=O)NOCCNCC3CCN(c4ccc(C5CCC(=O)NC5=O)cn4)CC3)cc21. The molecule has 3 amide bonds. The Morgan fingerprint density at radius 2 is 1.92 bits per heavy atom. The summed E-state index contributed by atoms with van der Waals surface area (Å²) < 4.78 is 32.2. The van der Waals surface area contributed by atoms with E-state index in [1.807, 2.05) is 12.1 Å². The van der Waals surface area contributed by atoms with Crippen LogP contribution in [0.25, 0.3) is 11.0 Å². The Morgan fingerprint density at radius 1 is 1.10 bits per heavy atom. The second kappa shape index (κ2) is 14.7. The molecule has 1 unspecified atom stereocenters. The molecule has 2 fully saturated rings. The number of amides is 3. The van der Waals surface area contributed by atoms with E-state index < -0.39 is 17.5 Å². The number of fused-ring (bicyclic) bond motifs is 1. The lowest BCUT2D eigenvalue weighted by Gasteiger charge is -2.33. The van der Waals surface area contributed by atoms with Crippen molar-refractivity contribution in [3.8, 4) is 0 Å². The predicted molar refractivity (Wildman–Crippen MR) is 179 cm³/mol. The zero-order valence-corrected chi connectivity index (χ0v) is 27.8. The summed E-state index contributed by atoms with van der Waals surface area (Å²) in [5, 5.41) is 8.47. The third kappa shape index (κ3) is 7.48. The number of aromatic nitrogens is 3. The van der Waals surface area contributed by atoms with Crippen LogP contribution in [0.5, 0.6) is 0 Å². The Kier molecular flexibility index (Phi) is 10.3. The topological polar surface area (TPSA) is 143 Å². The molecule has 48 heavy (non-hydrogen) atoms. The minimum Gasteiger partial charge on any atom is -0.357 e. The summed E-state index contributed by atoms with van der Waals surface area (Å²) >= 11 is 3.20. The van der Waals surface area contributed by atoms with Crippen molar-refractivity contribution in [2.45, 2.75) is 31.6 Å². The van der Waals surface area contributed by atoms with Gasteiger partial charge in [0.15, 0.2) is 5.82 Å². The summed E-state index contributed by atoms with van der Waals surface area (Å²) in [6, 6.07) is 9.61. The molecule has 4 heterocycles. The molecule has 6 rings (SSSR count). The van der Waals surface area contributed by atoms with Gasteiger partial charge in [0.25, 0.3) is 5.91 Å². The van der Waals surface area contributed by atoms with Gasteiger partial charge in [0.2, 0.25) is 11.8 Å². The van der Waals surface area contributed by atoms with Crippen molar-refractivity contribution in [1.29, 1.82) is 0 Å². The Bertz CT molecular complexity index is 1830. The van der Waals surface area contributed by atoms with Crippen molar-refractivity contribution in [3.05, 3.63) is 76.2 Å². The van der Waals surface area contributed by atoms with E-state index in [1.54, 1.807) is 23.9 Å². The second-order valence-electron chi connectivity index (χ2n) is 12.0. The molecule has 12 nitrogen and oxygen atoms in total. The molecule has 0 spiro atoms. The van der Waals surface area contributed by atoms with E-state index in [-0.39, 0.29) is 46.8 Å². The molecular weight excluding hydrogens is 690 g/mol. The minimum absolute atomic E-state index is 0.00340. The molecule has 2 aliphatic heterocycles. The Labute approximate surface area is 283 Å². The van der Waals surface area contributed by atoms with Crippen molar-refractivity contribution in [1.82, 2.24) is 30.6 Å². The van der Waals surface area contributed by atoms with Gasteiger partial charge in [-0.1, -0.05) is 22.0 Å². The fourth-order valence-corrected chi connectivity index (χ4v) is 6.35. The summed E-state index contributed by atoms with van der Waals surface area (Å²) in [6.07, 6.45) is 5.94. The molecule has 0 aliphatic carbocycles. The molecule has 0 bridgehead atoms. The first-order chi connectivity index (χ1) is 23.2. The number of piperidine rings is 2. The zero-order valence-electron chi connectivity index (χ0n) is 26.2. The molecule has 252 valence electrons. The number of carbonyl (C=O) groups excluding carboxylic acids is 3. The van der Waals surface area contributed by atoms with Crippen LogP contribution in [0.3, 0.4) is 0 Å². The Balaban J connectivity index is 0.956. The molecule has 2 aromatic carbocycles. The average molecular weight is 726 g/mol. The molecule has 4 N–H and O–H groups in total. The standard InChI is InChI=1S/C33H35BrF2N8O4/c1-43-18-39-31-26(43)15-23(30(29(31)36)40-25-5-3-21(34)14-24(25)35)33(47)42-48-13-10-37-16-19-8-11-44(12-9-19)27-6-2-20(17-38-27)22-4-7-28(45)41-32(22)46/h2-3,5-6,14-15,17-19,22,37,40H,4,7-13,16H2,1H3,(H,42,47)(H,41,45,46). The normalized spacial score (nSPS) is 17.1. The number of carbonyl (C=O) groups is 3. The monoisotopic (exact) mass is 724 g/mol. The van der Waals surface area contributed by atoms with Crippen LogP contribution in [-0.2, 0) is 21.5 Å². The molecule has 2 saturated heterocycles. The molecular formula is C33H35BrF2N8O4. The highest BCUT2D eigenvalue weighted by Gasteiger charge is 2.29. The molecule has 2 aliphatic rings. The van der Waals surface area contributed by atoms with Crippen LogP contribution in [-0.4, -0.2) is 65.0 Å². The Hall–Kier alpha value is -4.47. The van der Waals surface area contributed by atoms with Gasteiger partial charge in [-0.15, -0.1) is 0 Å². The summed E-state index contributed by atoms with van der Waals surface area (Å²) in [7, 11) is 1.68. The van der Waals surface area contributed by atoms with Crippen LogP contribution >= 0.6 is 15.9 Å². The van der Waals surface area contributed by atoms with Crippen LogP contribution in [0.4, 0.5) is 26.0 Å². The number of nitrogens with one attached hydrogen (secondary N) is 4. The zero-order chi connectivity index (χ0) is 33.8. The lowest BCUT2D eigenvalue weighted by atomic mass is 9.91. The van der Waals surface area contributed by atoms with E-state index >= 15 is 4.39 Å². The first-order valence-corrected chi connectivity index (χ1v) is 16.5. The maximum absolute atomic E-state index is 15.6. The molecule has 1 atom stereocenters. The molecule has 0 saturated carbocycles. The number of halogens is 3. The van der Waals surface area contributed by atoms with Gasteiger partial charge in [-0.2, -0.15) is 0 Å². The lowest BCUT2D eigenvalue weighted by Crippen LogP contribution is -2.39. The van der Waals surface area contributed by atoms with Gasteiger partial charge in [-0.3, -0.25) is 24.5 Å². The first kappa shape index (κ1) is 33.4. The lowest BCUT2D eigenvalue weighted by molar-refractivity contribution is -0.134. The van der Waals surface area contributed by atoms with E-state index in [9.17, 15) is 18.8 Å². The van der Waals surface area contributed by atoms with Crippen LogP contribution in [0, 0.1) is 17.6 Å². The van der Waals surface area contributed by atoms with Crippen molar-refractivity contribution in [3.63, 3.8) is 0 Å². The number of benzene rings is 2. The summed E-state index contributed by atoms with van der Waals surface area (Å²) in [4.78, 5) is 53.1. The van der Waals surface area contributed by atoms with Gasteiger partial charge in [0, 0.05) is 43.8 Å². The van der Waals surface area contributed by atoms with Gasteiger partial charge in [0.1, 0.15) is 17.2 Å². The van der Waals surface area contributed by atoms with E-state index in [1.165, 1.54) is 24.5 Å². The third-order valence-electron chi connectivity index (χ3n) is 8.73. The van der Waals surface area contributed by atoms with Crippen LogP contribution in [0.2, 0.25) is 0 Å². The highest BCUT2D eigenvalue weighted by atomic mass is 79.9. The Morgan fingerprint density at radius 3 is 2.65 bits per heavy atom. The number of hydrogen-bond donors (Lipinski definition) is 4. The van der Waals surface area contributed by atoms with Gasteiger partial charge < -0.3 is 20.1 Å². The number of anilines is 3. The molecule has 15 heteroatoms. The molecule has 2 aromatic heterocycles. The number of nitrogens with zero attached hydrogens (tertiary/aromatic N) is 4. The van der Waals surface area contributed by atoms with Crippen LogP contribution in [0.15, 0.2) is 53.4 Å². The van der Waals surface area contributed by atoms with Crippen LogP contribution in [0.1, 0.15) is 47.5 Å². The van der Waals surface area contributed by atoms with E-state index in [4.69, 9.17) is 4.84 Å². The third-order valence-corrected chi connectivity index (χ3v) is 9.22. The largest absolute Gasteiger partial charge is 0.357 e. The maximum atomic E-state index is 15.6. The van der Waals surface area contributed by atoms with E-state index in [0.29, 0.717) is 35.3 Å². The number of imide groups is 1. The summed E-state index contributed by atoms with van der Waals surface area (Å²) in [5.74, 6) is -1.62. The highest BCUT2D eigenvalue weighted by Crippen LogP contribution is 2.32. The van der Waals surface area contributed by atoms with E-state index in [0.717, 1.165) is 43.9 Å². The van der Waals surface area contributed by atoms with Crippen molar-refractivity contribution in [2.75, 3.05) is 43.0 Å². The quantitative estimate of drug-likeness (QED) is 0.100. The van der Waals surface area contributed by atoms with Crippen molar-refractivity contribution < 1.29 is 28.0 Å². The van der Waals surface area contributed by atoms with Crippen LogP contribution < -0.4 is 26.3 Å². The van der Waals surface area contributed by atoms with Gasteiger partial charge in [-0.05, 0) is 67.6 Å². The average Bonchev–Trinajstić information content (AvgIpc) is 3.45.